The van der Waals surface area contributed by atoms with Crippen molar-refractivity contribution in [1.82, 2.24) is 0 Å². The molecule has 1 saturated carbocycles. The van der Waals surface area contributed by atoms with Crippen molar-refractivity contribution in [3.8, 4) is 6.07 Å². The van der Waals surface area contributed by atoms with Gasteiger partial charge in [-0.05, 0) is 50.7 Å². The standard InChI is InChI=1S/C18H25NO/c1-13-7-8-15(3)16(10-13)17(4,20)18(12-19)9-5-6-14(2)11-18/h7-8,10,14,20H,5-6,9,11H2,1-4H3. The van der Waals surface area contributed by atoms with Gasteiger partial charge in [-0.15, -0.1) is 0 Å². The van der Waals surface area contributed by atoms with Crippen molar-refractivity contribution in [1.29, 1.82) is 5.26 Å². The molecule has 1 aromatic rings. The summed E-state index contributed by atoms with van der Waals surface area (Å²) in [4.78, 5) is 0. The Labute approximate surface area is 122 Å². The van der Waals surface area contributed by atoms with Gasteiger partial charge < -0.3 is 5.11 Å². The number of nitrogens with zero attached hydrogens (tertiary/aromatic N) is 1. The second kappa shape index (κ2) is 5.22. The van der Waals surface area contributed by atoms with Crippen LogP contribution in [-0.2, 0) is 5.60 Å². The first-order valence-corrected chi connectivity index (χ1v) is 7.54. The molecule has 1 aliphatic carbocycles. The third-order valence-electron chi connectivity index (χ3n) is 5.06. The van der Waals surface area contributed by atoms with Crippen molar-refractivity contribution in [2.24, 2.45) is 11.3 Å². The van der Waals surface area contributed by atoms with Gasteiger partial charge in [-0.1, -0.05) is 43.5 Å². The molecule has 0 bridgehead atoms. The Morgan fingerprint density at radius 2 is 2.10 bits per heavy atom. The summed E-state index contributed by atoms with van der Waals surface area (Å²) in [5, 5.41) is 21.1. The first kappa shape index (κ1) is 15.1. The number of nitriles is 1. The van der Waals surface area contributed by atoms with Crippen LogP contribution in [0.5, 0.6) is 0 Å². The van der Waals surface area contributed by atoms with Crippen molar-refractivity contribution in [3.63, 3.8) is 0 Å². The molecule has 1 fully saturated rings. The van der Waals surface area contributed by atoms with Crippen LogP contribution in [0.2, 0.25) is 0 Å². The van der Waals surface area contributed by atoms with E-state index >= 15 is 0 Å². The molecule has 0 heterocycles. The van der Waals surface area contributed by atoms with Crippen molar-refractivity contribution in [2.45, 2.75) is 59.0 Å². The van der Waals surface area contributed by atoms with Gasteiger partial charge in [0.1, 0.15) is 5.60 Å². The molecule has 3 atom stereocenters. The van der Waals surface area contributed by atoms with Gasteiger partial charge >= 0.3 is 0 Å². The smallest absolute Gasteiger partial charge is 0.106 e. The summed E-state index contributed by atoms with van der Waals surface area (Å²) in [6.07, 6.45) is 3.75. The lowest BCUT2D eigenvalue weighted by Gasteiger charge is -2.45. The van der Waals surface area contributed by atoms with Crippen LogP contribution in [0.25, 0.3) is 0 Å². The second-order valence-electron chi connectivity index (χ2n) is 6.79. The summed E-state index contributed by atoms with van der Waals surface area (Å²) in [5.74, 6) is 0.500. The largest absolute Gasteiger partial charge is 0.384 e. The summed E-state index contributed by atoms with van der Waals surface area (Å²) >= 11 is 0. The fourth-order valence-electron chi connectivity index (χ4n) is 3.72. The lowest BCUT2D eigenvalue weighted by Crippen LogP contribution is -2.46. The van der Waals surface area contributed by atoms with Crippen LogP contribution in [-0.4, -0.2) is 5.11 Å². The monoisotopic (exact) mass is 271 g/mol. The first-order valence-electron chi connectivity index (χ1n) is 7.54. The average Bonchev–Trinajstić information content (AvgIpc) is 2.41. The molecule has 0 amide bonds. The maximum Gasteiger partial charge on any atom is 0.106 e. The lowest BCUT2D eigenvalue weighted by atomic mass is 9.60. The predicted octanol–water partition coefficient (Wildman–Crippen LogP) is 4.23. The quantitative estimate of drug-likeness (QED) is 0.874. The molecule has 1 aliphatic rings. The van der Waals surface area contributed by atoms with E-state index in [1.54, 1.807) is 0 Å². The van der Waals surface area contributed by atoms with E-state index in [9.17, 15) is 10.4 Å². The minimum absolute atomic E-state index is 0.500. The Kier molecular flexibility index (Phi) is 3.93. The summed E-state index contributed by atoms with van der Waals surface area (Å²) in [7, 11) is 0. The van der Waals surface area contributed by atoms with Crippen LogP contribution in [0.3, 0.4) is 0 Å². The van der Waals surface area contributed by atoms with Crippen LogP contribution < -0.4 is 0 Å². The third-order valence-corrected chi connectivity index (χ3v) is 5.06. The Morgan fingerprint density at radius 3 is 2.70 bits per heavy atom. The van der Waals surface area contributed by atoms with Gasteiger partial charge in [0.05, 0.1) is 11.5 Å². The average molecular weight is 271 g/mol. The van der Waals surface area contributed by atoms with Gasteiger partial charge in [0.15, 0.2) is 0 Å². The molecular formula is C18H25NO. The number of hydrogen-bond donors (Lipinski definition) is 1. The van der Waals surface area contributed by atoms with E-state index in [2.05, 4.69) is 19.1 Å². The summed E-state index contributed by atoms with van der Waals surface area (Å²) in [6, 6.07) is 8.61. The number of hydrogen-bond acceptors (Lipinski definition) is 2. The van der Waals surface area contributed by atoms with E-state index < -0.39 is 11.0 Å². The zero-order valence-corrected chi connectivity index (χ0v) is 13.0. The third kappa shape index (κ3) is 2.36. The second-order valence-corrected chi connectivity index (χ2v) is 6.79. The zero-order chi connectivity index (χ0) is 15.0. The molecule has 2 nitrogen and oxygen atoms in total. The van der Waals surface area contributed by atoms with Crippen molar-refractivity contribution in [2.75, 3.05) is 0 Å². The lowest BCUT2D eigenvalue weighted by molar-refractivity contribution is -0.0724. The Hall–Kier alpha value is -1.33. The number of rotatable bonds is 2. The normalized spacial score (nSPS) is 29.5. The minimum Gasteiger partial charge on any atom is -0.384 e. The molecule has 0 aliphatic heterocycles. The van der Waals surface area contributed by atoms with Crippen molar-refractivity contribution >= 4 is 0 Å². The highest BCUT2D eigenvalue weighted by molar-refractivity contribution is 5.38. The molecular weight excluding hydrogens is 246 g/mol. The van der Waals surface area contributed by atoms with Crippen molar-refractivity contribution < 1.29 is 5.11 Å². The zero-order valence-electron chi connectivity index (χ0n) is 13.0. The maximum atomic E-state index is 11.3. The maximum absolute atomic E-state index is 11.3. The highest BCUT2D eigenvalue weighted by Gasteiger charge is 2.51. The summed E-state index contributed by atoms with van der Waals surface area (Å²) in [5.41, 5.74) is 1.35. The van der Waals surface area contributed by atoms with Gasteiger partial charge in [0.2, 0.25) is 0 Å². The Bertz CT molecular complexity index is 541. The number of aliphatic hydroxyl groups is 1. The van der Waals surface area contributed by atoms with Gasteiger partial charge in [-0.3, -0.25) is 0 Å². The molecule has 2 rings (SSSR count). The van der Waals surface area contributed by atoms with Gasteiger partial charge in [0, 0.05) is 0 Å². The highest BCUT2D eigenvalue weighted by Crippen LogP contribution is 2.51. The fraction of sp³-hybridized carbons (Fsp3) is 0.611. The van der Waals surface area contributed by atoms with E-state index in [1.165, 1.54) is 0 Å². The molecule has 0 spiro atoms. The number of aryl methyl sites for hydroxylation is 2. The van der Waals surface area contributed by atoms with E-state index in [-0.39, 0.29) is 0 Å². The van der Waals surface area contributed by atoms with E-state index in [0.717, 1.165) is 42.4 Å². The van der Waals surface area contributed by atoms with E-state index in [1.807, 2.05) is 32.9 Å². The summed E-state index contributed by atoms with van der Waals surface area (Å²) < 4.78 is 0. The summed E-state index contributed by atoms with van der Waals surface area (Å²) in [6.45, 7) is 8.06. The van der Waals surface area contributed by atoms with Crippen LogP contribution in [0.1, 0.15) is 56.2 Å². The molecule has 2 heteroatoms. The number of benzene rings is 1. The Morgan fingerprint density at radius 1 is 1.40 bits per heavy atom. The van der Waals surface area contributed by atoms with Gasteiger partial charge in [-0.2, -0.15) is 5.26 Å². The van der Waals surface area contributed by atoms with E-state index in [4.69, 9.17) is 0 Å². The van der Waals surface area contributed by atoms with Crippen molar-refractivity contribution in [3.05, 3.63) is 34.9 Å². The molecule has 1 aromatic carbocycles. The van der Waals surface area contributed by atoms with E-state index in [0.29, 0.717) is 5.92 Å². The molecule has 108 valence electrons. The molecule has 3 unspecified atom stereocenters. The van der Waals surface area contributed by atoms with Gasteiger partial charge in [-0.25, -0.2) is 0 Å². The van der Waals surface area contributed by atoms with Crippen LogP contribution in [0.4, 0.5) is 0 Å². The predicted molar refractivity (Wildman–Crippen MR) is 81.2 cm³/mol. The Balaban J connectivity index is 2.52. The minimum atomic E-state index is -1.09. The molecule has 20 heavy (non-hydrogen) atoms. The molecule has 1 N–H and O–H groups in total. The van der Waals surface area contributed by atoms with Crippen LogP contribution >= 0.6 is 0 Å². The molecule has 0 radical (unpaired) electrons. The first-order chi connectivity index (χ1) is 9.32. The SMILES string of the molecule is Cc1ccc(C)c(C(C)(O)C2(C#N)CCCC(C)C2)c1. The molecule has 0 aromatic heterocycles. The highest BCUT2D eigenvalue weighted by atomic mass is 16.3. The van der Waals surface area contributed by atoms with Crippen LogP contribution in [0, 0.1) is 36.5 Å². The topological polar surface area (TPSA) is 44.0 Å². The fourth-order valence-corrected chi connectivity index (χ4v) is 3.72. The molecule has 0 saturated heterocycles. The van der Waals surface area contributed by atoms with Gasteiger partial charge in [0.25, 0.3) is 0 Å². The van der Waals surface area contributed by atoms with Crippen LogP contribution in [0.15, 0.2) is 18.2 Å².